The van der Waals surface area contributed by atoms with Crippen LogP contribution in [0.5, 0.6) is 0 Å². The summed E-state index contributed by atoms with van der Waals surface area (Å²) in [7, 11) is 0. The lowest BCUT2D eigenvalue weighted by molar-refractivity contribution is 0.350. The molecule has 2 saturated carbocycles. The molecule has 7 aromatic rings. The monoisotopic (exact) mass is 750 g/mol. The zero-order chi connectivity index (χ0) is 38.2. The number of rotatable bonds is 7. The van der Waals surface area contributed by atoms with Gasteiger partial charge in [0.2, 0.25) is 0 Å². The third-order valence-electron chi connectivity index (χ3n) is 14.9. The first kappa shape index (κ1) is 34.2. The molecule has 58 heavy (non-hydrogen) atoms. The fourth-order valence-corrected chi connectivity index (χ4v) is 12.6. The summed E-state index contributed by atoms with van der Waals surface area (Å²) in [5.74, 6) is 1.81. The van der Waals surface area contributed by atoms with Crippen LogP contribution in [0.25, 0.3) is 11.1 Å². The topological polar surface area (TPSA) is 6.48 Å². The normalized spacial score (nSPS) is 21.1. The Kier molecular flexibility index (Phi) is 8.04. The molecule has 0 aromatic heterocycles. The highest BCUT2D eigenvalue weighted by atomic mass is 15.2. The van der Waals surface area contributed by atoms with E-state index in [0.29, 0.717) is 17.8 Å². The largest absolute Gasteiger partial charge is 0.310 e. The maximum absolute atomic E-state index is 2.66. The Labute approximate surface area is 343 Å². The van der Waals surface area contributed by atoms with E-state index in [1.165, 1.54) is 112 Å². The Bertz CT molecular complexity index is 2610. The smallest absolute Gasteiger partial charge is 0.0505 e. The maximum atomic E-state index is 2.66. The quantitative estimate of drug-likeness (QED) is 0.160. The minimum Gasteiger partial charge on any atom is -0.310 e. The first-order valence-electron chi connectivity index (χ1n) is 22.0. The van der Waals surface area contributed by atoms with E-state index in [1.807, 2.05) is 0 Å². The van der Waals surface area contributed by atoms with E-state index >= 15 is 0 Å². The molecule has 284 valence electrons. The van der Waals surface area contributed by atoms with E-state index in [2.05, 4.69) is 174 Å². The highest BCUT2D eigenvalue weighted by Crippen LogP contribution is 2.69. The average Bonchev–Trinajstić information content (AvgIpc) is 4.02. The van der Waals surface area contributed by atoms with E-state index in [1.54, 1.807) is 16.7 Å². The number of hydrogen-bond acceptors (Lipinski definition) is 2. The average molecular weight is 751 g/mol. The summed E-state index contributed by atoms with van der Waals surface area (Å²) in [6.07, 6.45) is 12.5. The van der Waals surface area contributed by atoms with Crippen molar-refractivity contribution >= 4 is 34.1 Å². The summed E-state index contributed by atoms with van der Waals surface area (Å²) in [6, 6.07) is 62.8. The summed E-state index contributed by atoms with van der Waals surface area (Å²) < 4.78 is 0. The first-order valence-corrected chi connectivity index (χ1v) is 22.0. The van der Waals surface area contributed by atoms with Gasteiger partial charge in [-0.25, -0.2) is 0 Å². The highest BCUT2D eigenvalue weighted by Gasteiger charge is 2.62. The predicted octanol–water partition coefficient (Wildman–Crippen LogP) is 14.7. The van der Waals surface area contributed by atoms with Crippen molar-refractivity contribution in [1.82, 2.24) is 0 Å². The molecule has 3 atom stereocenters. The Morgan fingerprint density at radius 1 is 0.397 bits per heavy atom. The van der Waals surface area contributed by atoms with Crippen molar-refractivity contribution in [3.05, 3.63) is 203 Å². The van der Waals surface area contributed by atoms with Crippen LogP contribution in [0.4, 0.5) is 34.1 Å². The molecule has 1 spiro atoms. The van der Waals surface area contributed by atoms with Gasteiger partial charge >= 0.3 is 0 Å². The molecule has 0 saturated heterocycles. The van der Waals surface area contributed by atoms with Gasteiger partial charge in [0, 0.05) is 28.2 Å². The molecule has 7 aromatic carbocycles. The SMILES string of the molecule is c1ccc(N(c2ccccc2)c2cccc3c2C24c5c(cccc5N(c5ccc(C6CCCCC6)cc5)c5ccc6c(c5)Cc5ccccc5-6)CC2CCC4C3)cc1. The zero-order valence-corrected chi connectivity index (χ0v) is 33.3. The summed E-state index contributed by atoms with van der Waals surface area (Å²) in [5, 5.41) is 0. The molecule has 0 bridgehead atoms. The molecular formula is C56H50N2. The minimum absolute atomic E-state index is 0.0765. The molecule has 0 heterocycles. The molecule has 0 N–H and O–H groups in total. The predicted molar refractivity (Wildman–Crippen MR) is 241 cm³/mol. The van der Waals surface area contributed by atoms with Gasteiger partial charge in [-0.2, -0.15) is 0 Å². The third-order valence-corrected chi connectivity index (χ3v) is 14.9. The molecule has 5 aliphatic carbocycles. The molecule has 3 unspecified atom stereocenters. The van der Waals surface area contributed by atoms with Crippen molar-refractivity contribution in [2.75, 3.05) is 9.80 Å². The molecule has 2 heteroatoms. The van der Waals surface area contributed by atoms with Gasteiger partial charge in [0.25, 0.3) is 0 Å². The Morgan fingerprint density at radius 3 is 1.55 bits per heavy atom. The van der Waals surface area contributed by atoms with E-state index in [0.717, 1.165) is 19.3 Å². The van der Waals surface area contributed by atoms with Crippen LogP contribution >= 0.6 is 0 Å². The molecule has 0 radical (unpaired) electrons. The first-order chi connectivity index (χ1) is 28.8. The lowest BCUT2D eigenvalue weighted by atomic mass is 9.68. The van der Waals surface area contributed by atoms with E-state index in [9.17, 15) is 0 Å². The van der Waals surface area contributed by atoms with Crippen molar-refractivity contribution in [1.29, 1.82) is 0 Å². The molecule has 2 fully saturated rings. The standard InChI is InChI=1S/C56H50N2/c1-4-14-38(15-5-1)39-26-30-48(31-27-39)58(49-32-33-51-43(37-49)34-40-16-10-11-23-50(40)51)53-25-13-18-42-36-45-29-28-44-35-41-17-12-24-52(54(41)56(44,45)55(42)53)57(46-19-6-2-7-20-46)47-21-8-3-9-22-47/h2-3,6-13,16-27,30-33,37-38,44-45H,1,4-5,14-15,28-29,34-36H2. The summed E-state index contributed by atoms with van der Waals surface area (Å²) in [6.45, 7) is 0. The Morgan fingerprint density at radius 2 is 0.914 bits per heavy atom. The van der Waals surface area contributed by atoms with Gasteiger partial charge in [-0.1, -0.05) is 122 Å². The summed E-state index contributed by atoms with van der Waals surface area (Å²) >= 11 is 0. The van der Waals surface area contributed by atoms with Gasteiger partial charge in [-0.3, -0.25) is 0 Å². The minimum atomic E-state index is -0.0765. The summed E-state index contributed by atoms with van der Waals surface area (Å²) in [5.41, 5.74) is 20.9. The van der Waals surface area contributed by atoms with E-state index < -0.39 is 0 Å². The van der Waals surface area contributed by atoms with Crippen molar-refractivity contribution < 1.29 is 0 Å². The van der Waals surface area contributed by atoms with Crippen LogP contribution in [0.1, 0.15) is 89.8 Å². The van der Waals surface area contributed by atoms with E-state index in [-0.39, 0.29) is 5.41 Å². The number of anilines is 6. The van der Waals surface area contributed by atoms with Crippen molar-refractivity contribution in [3.8, 4) is 11.1 Å². The second-order valence-corrected chi connectivity index (χ2v) is 17.8. The molecular weight excluding hydrogens is 701 g/mol. The molecule has 12 rings (SSSR count). The third kappa shape index (κ3) is 5.16. The number of nitrogens with zero attached hydrogens (tertiary/aromatic N) is 2. The van der Waals surface area contributed by atoms with Crippen molar-refractivity contribution in [2.45, 2.75) is 75.5 Å². The summed E-state index contributed by atoms with van der Waals surface area (Å²) in [4.78, 5) is 5.21. The van der Waals surface area contributed by atoms with Gasteiger partial charge < -0.3 is 9.80 Å². The molecule has 2 nitrogen and oxygen atoms in total. The van der Waals surface area contributed by atoms with Crippen LogP contribution < -0.4 is 9.80 Å². The fraction of sp³-hybridized carbons (Fsp3) is 0.250. The number of fused-ring (bicyclic) bond motifs is 5. The Hall–Kier alpha value is -5.86. The van der Waals surface area contributed by atoms with E-state index in [4.69, 9.17) is 0 Å². The number of benzene rings is 7. The van der Waals surface area contributed by atoms with Crippen molar-refractivity contribution in [3.63, 3.8) is 0 Å². The zero-order valence-electron chi connectivity index (χ0n) is 33.3. The lowest BCUT2D eigenvalue weighted by Gasteiger charge is -2.40. The van der Waals surface area contributed by atoms with Gasteiger partial charge in [0.15, 0.2) is 0 Å². The van der Waals surface area contributed by atoms with Crippen molar-refractivity contribution in [2.24, 2.45) is 11.8 Å². The van der Waals surface area contributed by atoms with Crippen LogP contribution in [0.15, 0.2) is 164 Å². The van der Waals surface area contributed by atoms with Crippen LogP contribution in [-0.4, -0.2) is 0 Å². The molecule has 5 aliphatic rings. The maximum Gasteiger partial charge on any atom is 0.0505 e. The van der Waals surface area contributed by atoms with Gasteiger partial charge in [-0.15, -0.1) is 0 Å². The van der Waals surface area contributed by atoms with Gasteiger partial charge in [0.1, 0.15) is 0 Å². The number of hydrogen-bond donors (Lipinski definition) is 0. The highest BCUT2D eigenvalue weighted by molar-refractivity contribution is 5.88. The fourth-order valence-electron chi connectivity index (χ4n) is 12.6. The molecule has 0 aliphatic heterocycles. The van der Waals surface area contributed by atoms with Crippen LogP contribution in [0, 0.1) is 11.8 Å². The van der Waals surface area contributed by atoms with Gasteiger partial charge in [0.05, 0.1) is 11.4 Å². The van der Waals surface area contributed by atoms with Crippen LogP contribution in [0.2, 0.25) is 0 Å². The van der Waals surface area contributed by atoms with Crippen LogP contribution in [-0.2, 0) is 24.7 Å². The number of para-hydroxylation sites is 2. The second-order valence-electron chi connectivity index (χ2n) is 17.8. The van der Waals surface area contributed by atoms with Gasteiger partial charge in [-0.05, 0) is 173 Å². The van der Waals surface area contributed by atoms with Crippen LogP contribution in [0.3, 0.4) is 0 Å². The molecule has 0 amide bonds. The Balaban J connectivity index is 1.07. The lowest BCUT2D eigenvalue weighted by Crippen LogP contribution is -2.34. The second kappa shape index (κ2) is 13.6.